The van der Waals surface area contributed by atoms with E-state index in [1.54, 1.807) is 0 Å². The van der Waals surface area contributed by atoms with Crippen LogP contribution in [-0.2, 0) is 9.53 Å². The molecule has 0 aromatic carbocycles. The van der Waals surface area contributed by atoms with Crippen molar-refractivity contribution in [2.45, 2.75) is 45.1 Å². The van der Waals surface area contributed by atoms with E-state index in [9.17, 15) is 4.79 Å². The van der Waals surface area contributed by atoms with E-state index < -0.39 is 0 Å². The van der Waals surface area contributed by atoms with Crippen LogP contribution in [-0.4, -0.2) is 12.1 Å². The molecule has 0 fully saturated rings. The molecule has 2 heteroatoms. The highest BCUT2D eigenvalue weighted by atomic mass is 16.5. The van der Waals surface area contributed by atoms with Crippen molar-refractivity contribution in [3.8, 4) is 0 Å². The topological polar surface area (TPSA) is 26.3 Å². The second-order valence-corrected chi connectivity index (χ2v) is 3.24. The molecular formula is C10H16O2. The lowest BCUT2D eigenvalue weighted by Crippen LogP contribution is -2.14. The van der Waals surface area contributed by atoms with Crippen molar-refractivity contribution in [3.05, 3.63) is 12.2 Å². The predicted octanol–water partition coefficient (Wildman–Crippen LogP) is 2.44. The maximum atomic E-state index is 11.1. The Morgan fingerprint density at radius 1 is 1.42 bits per heavy atom. The summed E-state index contributed by atoms with van der Waals surface area (Å²) in [6.45, 7) is 1.95. The number of hydrogen-bond donors (Lipinski definition) is 0. The van der Waals surface area contributed by atoms with Crippen molar-refractivity contribution in [1.29, 1.82) is 0 Å². The molecule has 0 aromatic rings. The standard InChI is InChI=1S/C10H16O2/c1-9-7-5-3-2-4-6-8-10(11)12-9/h2-3,9H,4-8H2,1H3/b3-2-. The van der Waals surface area contributed by atoms with Gasteiger partial charge in [-0.25, -0.2) is 0 Å². The van der Waals surface area contributed by atoms with Gasteiger partial charge in [0.25, 0.3) is 0 Å². The summed E-state index contributed by atoms with van der Waals surface area (Å²) < 4.78 is 5.15. The van der Waals surface area contributed by atoms with E-state index in [-0.39, 0.29) is 12.1 Å². The molecule has 2 nitrogen and oxygen atoms in total. The molecule has 0 aromatic heterocycles. The average Bonchev–Trinajstić information content (AvgIpc) is 2.02. The molecule has 0 bridgehead atoms. The fraction of sp³-hybridized carbons (Fsp3) is 0.700. The van der Waals surface area contributed by atoms with Crippen molar-refractivity contribution < 1.29 is 9.53 Å². The van der Waals surface area contributed by atoms with Crippen LogP contribution < -0.4 is 0 Å². The molecule has 68 valence electrons. The summed E-state index contributed by atoms with van der Waals surface area (Å²) in [5.41, 5.74) is 0. The maximum Gasteiger partial charge on any atom is 0.306 e. The Labute approximate surface area is 73.6 Å². The van der Waals surface area contributed by atoms with Gasteiger partial charge in [0.15, 0.2) is 0 Å². The third-order valence-corrected chi connectivity index (χ3v) is 1.99. The predicted molar refractivity (Wildman–Crippen MR) is 47.8 cm³/mol. The van der Waals surface area contributed by atoms with E-state index in [4.69, 9.17) is 4.74 Å². The molecule has 1 unspecified atom stereocenters. The van der Waals surface area contributed by atoms with E-state index in [1.807, 2.05) is 6.92 Å². The highest BCUT2D eigenvalue weighted by Crippen LogP contribution is 2.09. The van der Waals surface area contributed by atoms with Crippen molar-refractivity contribution in [2.75, 3.05) is 0 Å². The molecule has 0 aliphatic carbocycles. The Morgan fingerprint density at radius 3 is 3.00 bits per heavy atom. The van der Waals surface area contributed by atoms with Gasteiger partial charge >= 0.3 is 5.97 Å². The zero-order chi connectivity index (χ0) is 8.81. The molecule has 1 atom stereocenters. The Kier molecular flexibility index (Phi) is 3.85. The summed E-state index contributed by atoms with van der Waals surface area (Å²) in [7, 11) is 0. The lowest BCUT2D eigenvalue weighted by Gasteiger charge is -2.12. The molecule has 1 rings (SSSR count). The SMILES string of the molecule is CC1CC/C=C\CCCC(=O)O1. The molecule has 0 N–H and O–H groups in total. The van der Waals surface area contributed by atoms with Gasteiger partial charge in [0.2, 0.25) is 0 Å². The lowest BCUT2D eigenvalue weighted by molar-refractivity contribution is -0.148. The number of carbonyl (C=O) groups excluding carboxylic acids is 1. The quantitative estimate of drug-likeness (QED) is 0.410. The maximum absolute atomic E-state index is 11.1. The van der Waals surface area contributed by atoms with Gasteiger partial charge in [0, 0.05) is 6.42 Å². The Hall–Kier alpha value is -0.790. The molecule has 0 saturated heterocycles. The molecule has 0 radical (unpaired) electrons. The van der Waals surface area contributed by atoms with Crippen LogP contribution in [0.3, 0.4) is 0 Å². The number of rotatable bonds is 0. The molecule has 0 saturated carbocycles. The summed E-state index contributed by atoms with van der Waals surface area (Å²) in [5, 5.41) is 0. The average molecular weight is 168 g/mol. The second-order valence-electron chi connectivity index (χ2n) is 3.24. The van der Waals surface area contributed by atoms with Crippen LogP contribution in [0.5, 0.6) is 0 Å². The zero-order valence-corrected chi connectivity index (χ0v) is 7.58. The van der Waals surface area contributed by atoms with Crippen molar-refractivity contribution in [2.24, 2.45) is 0 Å². The zero-order valence-electron chi connectivity index (χ0n) is 7.58. The van der Waals surface area contributed by atoms with Crippen LogP contribution in [0.25, 0.3) is 0 Å². The first-order valence-corrected chi connectivity index (χ1v) is 4.63. The number of allylic oxidation sites excluding steroid dienone is 2. The largest absolute Gasteiger partial charge is 0.463 e. The fourth-order valence-corrected chi connectivity index (χ4v) is 1.27. The molecule has 12 heavy (non-hydrogen) atoms. The van der Waals surface area contributed by atoms with Gasteiger partial charge in [-0.05, 0) is 32.6 Å². The van der Waals surface area contributed by atoms with Crippen LogP contribution >= 0.6 is 0 Å². The van der Waals surface area contributed by atoms with Gasteiger partial charge in [-0.1, -0.05) is 12.2 Å². The summed E-state index contributed by atoms with van der Waals surface area (Å²) >= 11 is 0. The van der Waals surface area contributed by atoms with Crippen molar-refractivity contribution in [1.82, 2.24) is 0 Å². The van der Waals surface area contributed by atoms with Crippen molar-refractivity contribution in [3.63, 3.8) is 0 Å². The molecule has 1 aliphatic rings. The summed E-state index contributed by atoms with van der Waals surface area (Å²) in [6, 6.07) is 0. The van der Waals surface area contributed by atoms with Crippen LogP contribution in [0.2, 0.25) is 0 Å². The van der Waals surface area contributed by atoms with Gasteiger partial charge in [0.05, 0.1) is 6.10 Å². The minimum Gasteiger partial charge on any atom is -0.463 e. The number of esters is 1. The highest BCUT2D eigenvalue weighted by molar-refractivity contribution is 5.69. The van der Waals surface area contributed by atoms with E-state index >= 15 is 0 Å². The van der Waals surface area contributed by atoms with Crippen LogP contribution in [0.4, 0.5) is 0 Å². The molecule has 0 spiro atoms. The third-order valence-electron chi connectivity index (χ3n) is 1.99. The minimum absolute atomic E-state index is 0.0437. The summed E-state index contributed by atoms with van der Waals surface area (Å²) in [5.74, 6) is -0.0437. The van der Waals surface area contributed by atoms with E-state index in [0.717, 1.165) is 25.7 Å². The number of cyclic esters (lactones) is 1. The van der Waals surface area contributed by atoms with Gasteiger partial charge in [-0.3, -0.25) is 4.79 Å². The normalized spacial score (nSPS) is 29.1. The number of hydrogen-bond acceptors (Lipinski definition) is 2. The monoisotopic (exact) mass is 168 g/mol. The van der Waals surface area contributed by atoms with E-state index in [0.29, 0.717) is 6.42 Å². The van der Waals surface area contributed by atoms with Crippen LogP contribution in [0.1, 0.15) is 39.0 Å². The Bertz CT molecular complexity index is 173. The van der Waals surface area contributed by atoms with Crippen LogP contribution in [0.15, 0.2) is 12.2 Å². The summed E-state index contributed by atoms with van der Waals surface area (Å²) in [4.78, 5) is 11.1. The second kappa shape index (κ2) is 4.96. The van der Waals surface area contributed by atoms with Gasteiger partial charge < -0.3 is 4.74 Å². The summed E-state index contributed by atoms with van der Waals surface area (Å²) in [6.07, 6.45) is 8.87. The van der Waals surface area contributed by atoms with E-state index in [2.05, 4.69) is 12.2 Å². The highest BCUT2D eigenvalue weighted by Gasteiger charge is 2.08. The first-order valence-electron chi connectivity index (χ1n) is 4.63. The molecule has 0 amide bonds. The minimum atomic E-state index is -0.0437. The number of ether oxygens (including phenoxy) is 1. The first kappa shape index (κ1) is 9.30. The van der Waals surface area contributed by atoms with Crippen molar-refractivity contribution >= 4 is 5.97 Å². The van der Waals surface area contributed by atoms with Gasteiger partial charge in [-0.15, -0.1) is 0 Å². The van der Waals surface area contributed by atoms with Gasteiger partial charge in [0.1, 0.15) is 0 Å². The van der Waals surface area contributed by atoms with Crippen LogP contribution in [0, 0.1) is 0 Å². The lowest BCUT2D eigenvalue weighted by atomic mass is 10.1. The molecular weight excluding hydrogens is 152 g/mol. The smallest absolute Gasteiger partial charge is 0.306 e. The third kappa shape index (κ3) is 3.56. The van der Waals surface area contributed by atoms with Gasteiger partial charge in [-0.2, -0.15) is 0 Å². The Balaban J connectivity index is 2.40. The molecule has 1 aliphatic heterocycles. The fourth-order valence-electron chi connectivity index (χ4n) is 1.27. The number of carbonyl (C=O) groups is 1. The first-order chi connectivity index (χ1) is 5.79. The van der Waals surface area contributed by atoms with E-state index in [1.165, 1.54) is 0 Å². The molecule has 1 heterocycles. The Morgan fingerprint density at radius 2 is 2.17 bits per heavy atom.